The molecule has 1 atom stereocenters. The summed E-state index contributed by atoms with van der Waals surface area (Å²) >= 11 is 3.97. The maximum Gasteiger partial charge on any atom is 0.264 e. The lowest BCUT2D eigenvalue weighted by Gasteiger charge is -2.27. The van der Waals surface area contributed by atoms with E-state index in [4.69, 9.17) is 0 Å². The molecule has 0 radical (unpaired) electrons. The van der Waals surface area contributed by atoms with Crippen molar-refractivity contribution >= 4 is 52.0 Å². The number of nitrogens with zero attached hydrogens (tertiary/aromatic N) is 1. The molecular weight excluding hydrogens is 326 g/mol. The van der Waals surface area contributed by atoms with Crippen LogP contribution in [0.15, 0.2) is 18.2 Å². The first-order valence-corrected chi connectivity index (χ1v) is 8.32. The van der Waals surface area contributed by atoms with E-state index in [0.29, 0.717) is 5.69 Å². The van der Waals surface area contributed by atoms with Gasteiger partial charge in [0.25, 0.3) is 11.8 Å². The molecule has 7 nitrogen and oxygen atoms in total. The molecule has 1 saturated heterocycles. The van der Waals surface area contributed by atoms with Crippen LogP contribution in [-0.4, -0.2) is 34.6 Å². The molecule has 1 aromatic carbocycles. The summed E-state index contributed by atoms with van der Waals surface area (Å²) in [5.74, 6) is -2.09. The van der Waals surface area contributed by atoms with Crippen molar-refractivity contribution < 1.29 is 19.2 Å². The van der Waals surface area contributed by atoms with Crippen LogP contribution in [0.5, 0.6) is 0 Å². The molecule has 3 rings (SSSR count). The van der Waals surface area contributed by atoms with Crippen molar-refractivity contribution in [1.29, 1.82) is 0 Å². The summed E-state index contributed by atoms with van der Waals surface area (Å²) in [5, 5.41) is 2.16. The number of rotatable bonds is 3. The number of amides is 4. The van der Waals surface area contributed by atoms with Crippen molar-refractivity contribution in [3.05, 3.63) is 29.3 Å². The van der Waals surface area contributed by atoms with Crippen LogP contribution in [0.3, 0.4) is 0 Å². The van der Waals surface area contributed by atoms with E-state index >= 15 is 0 Å². The number of imide groups is 2. The van der Waals surface area contributed by atoms with Gasteiger partial charge in [-0.15, -0.1) is 0 Å². The fourth-order valence-corrected chi connectivity index (χ4v) is 3.21. The maximum atomic E-state index is 12.6. The van der Waals surface area contributed by atoms with Crippen LogP contribution in [0.1, 0.15) is 33.6 Å². The van der Waals surface area contributed by atoms with Gasteiger partial charge in [0.2, 0.25) is 11.8 Å². The molecule has 2 N–H and O–H groups in total. The first-order valence-electron chi connectivity index (χ1n) is 6.45. The van der Waals surface area contributed by atoms with E-state index in [2.05, 4.69) is 21.7 Å². The van der Waals surface area contributed by atoms with E-state index in [0.717, 1.165) is 15.9 Å². The summed E-state index contributed by atoms with van der Waals surface area (Å²) in [6.45, 7) is 0. The maximum absolute atomic E-state index is 12.6. The molecule has 22 heavy (non-hydrogen) atoms. The first kappa shape index (κ1) is 14.9. The lowest BCUT2D eigenvalue weighted by atomic mass is 10.0. The number of carbonyl (C=O) groups is 4. The third-order valence-electron chi connectivity index (χ3n) is 3.62. The summed E-state index contributed by atoms with van der Waals surface area (Å²) in [6.07, 6.45) is 0.238. The van der Waals surface area contributed by atoms with Gasteiger partial charge in [-0.2, -0.15) is 0 Å². The largest absolute Gasteiger partial charge is 0.320 e. The Bertz CT molecular complexity index is 707. The minimum atomic E-state index is -0.957. The summed E-state index contributed by atoms with van der Waals surface area (Å²) < 4.78 is 2.83. The van der Waals surface area contributed by atoms with Crippen molar-refractivity contribution in [3.8, 4) is 0 Å². The van der Waals surface area contributed by atoms with Gasteiger partial charge in [0, 0.05) is 17.4 Å². The van der Waals surface area contributed by atoms with E-state index in [9.17, 15) is 19.2 Å². The van der Waals surface area contributed by atoms with E-state index in [1.54, 1.807) is 12.1 Å². The number of hydrogen-bond donors (Lipinski definition) is 3. The van der Waals surface area contributed by atoms with Crippen molar-refractivity contribution in [3.63, 3.8) is 0 Å². The van der Waals surface area contributed by atoms with Gasteiger partial charge < -0.3 is 4.72 Å². The molecule has 0 saturated carbocycles. The quantitative estimate of drug-likeness (QED) is 0.329. The summed E-state index contributed by atoms with van der Waals surface area (Å²) in [6, 6.07) is 3.88. The fraction of sp³-hybridized carbons (Fsp3) is 0.231. The standard InChI is InChI=1S/C13H11N3O4S2/c17-9-5-4-8(11(18)14-9)16-12(19)6-2-1-3-7(15-22-21)10(6)13(16)20/h1-3,8,15,21H,4-5H2,(H,14,17,18). The zero-order valence-electron chi connectivity index (χ0n) is 11.2. The molecule has 1 unspecified atom stereocenters. The number of thiol groups is 1. The average molecular weight is 337 g/mol. The van der Waals surface area contributed by atoms with Gasteiger partial charge in [-0.1, -0.05) is 17.7 Å². The molecule has 0 bridgehead atoms. The smallest absolute Gasteiger partial charge is 0.264 e. The highest BCUT2D eigenvalue weighted by Crippen LogP contribution is 2.33. The van der Waals surface area contributed by atoms with Crippen molar-refractivity contribution in [2.45, 2.75) is 18.9 Å². The van der Waals surface area contributed by atoms with Crippen LogP contribution in [0, 0.1) is 0 Å². The van der Waals surface area contributed by atoms with Gasteiger partial charge >= 0.3 is 0 Å². The number of carbonyl (C=O) groups excluding carboxylic acids is 4. The predicted molar refractivity (Wildman–Crippen MR) is 83.3 cm³/mol. The van der Waals surface area contributed by atoms with Gasteiger partial charge in [0.15, 0.2) is 0 Å². The Labute approximate surface area is 134 Å². The van der Waals surface area contributed by atoms with Crippen LogP contribution in [0.25, 0.3) is 0 Å². The van der Waals surface area contributed by atoms with E-state index in [1.807, 2.05) is 0 Å². The second-order valence-corrected chi connectivity index (χ2v) is 5.80. The zero-order chi connectivity index (χ0) is 15.9. The van der Waals surface area contributed by atoms with E-state index in [1.165, 1.54) is 6.07 Å². The first-order chi connectivity index (χ1) is 10.5. The molecule has 0 spiro atoms. The number of fused-ring (bicyclic) bond motifs is 1. The van der Waals surface area contributed by atoms with Crippen LogP contribution in [0.2, 0.25) is 0 Å². The number of piperidine rings is 1. The lowest BCUT2D eigenvalue weighted by molar-refractivity contribution is -0.136. The topological polar surface area (TPSA) is 95.6 Å². The highest BCUT2D eigenvalue weighted by atomic mass is 33.1. The normalized spacial score (nSPS) is 21.0. The third kappa shape index (κ3) is 2.26. The lowest BCUT2D eigenvalue weighted by Crippen LogP contribution is -2.54. The molecule has 9 heteroatoms. The number of benzene rings is 1. The minimum absolute atomic E-state index is 0.0986. The summed E-state index contributed by atoms with van der Waals surface area (Å²) in [4.78, 5) is 49.2. The van der Waals surface area contributed by atoms with E-state index < -0.39 is 29.7 Å². The van der Waals surface area contributed by atoms with Crippen LogP contribution in [-0.2, 0) is 9.59 Å². The Morgan fingerprint density at radius 2 is 2.00 bits per heavy atom. The Morgan fingerprint density at radius 1 is 1.23 bits per heavy atom. The second kappa shape index (κ2) is 5.65. The van der Waals surface area contributed by atoms with Crippen molar-refractivity contribution in [2.75, 3.05) is 4.72 Å². The molecule has 1 aromatic rings. The third-order valence-corrected chi connectivity index (χ3v) is 4.21. The molecule has 114 valence electrons. The van der Waals surface area contributed by atoms with Crippen LogP contribution < -0.4 is 10.0 Å². The molecule has 2 heterocycles. The molecule has 2 aliphatic heterocycles. The average Bonchev–Trinajstić information content (AvgIpc) is 2.73. The van der Waals surface area contributed by atoms with E-state index in [-0.39, 0.29) is 24.0 Å². The Balaban J connectivity index is 1.98. The Morgan fingerprint density at radius 3 is 2.68 bits per heavy atom. The highest BCUT2D eigenvalue weighted by molar-refractivity contribution is 8.69. The van der Waals surface area contributed by atoms with Gasteiger partial charge in [-0.25, -0.2) is 0 Å². The van der Waals surface area contributed by atoms with Gasteiger partial charge in [-0.3, -0.25) is 29.4 Å². The molecule has 4 amide bonds. The molecular formula is C13H11N3O4S2. The van der Waals surface area contributed by atoms with Gasteiger partial charge in [0.1, 0.15) is 6.04 Å². The van der Waals surface area contributed by atoms with Crippen LogP contribution >= 0.6 is 22.6 Å². The van der Waals surface area contributed by atoms with Gasteiger partial charge in [0.05, 0.1) is 16.8 Å². The summed E-state index contributed by atoms with van der Waals surface area (Å²) in [5.41, 5.74) is 0.923. The molecule has 2 aliphatic rings. The number of anilines is 1. The Kier molecular flexibility index (Phi) is 3.83. The van der Waals surface area contributed by atoms with Crippen molar-refractivity contribution in [2.24, 2.45) is 0 Å². The zero-order valence-corrected chi connectivity index (χ0v) is 12.9. The monoisotopic (exact) mass is 337 g/mol. The van der Waals surface area contributed by atoms with Crippen molar-refractivity contribution in [1.82, 2.24) is 10.2 Å². The second-order valence-electron chi connectivity index (χ2n) is 4.87. The Hall–Kier alpha value is -2.00. The molecule has 0 aliphatic carbocycles. The molecule has 0 aromatic heterocycles. The minimum Gasteiger partial charge on any atom is -0.320 e. The fourth-order valence-electron chi connectivity index (χ4n) is 2.65. The van der Waals surface area contributed by atoms with Crippen LogP contribution in [0.4, 0.5) is 5.69 Å². The summed E-state index contributed by atoms with van der Waals surface area (Å²) in [7, 11) is 1.00. The SMILES string of the molecule is O=C1CCC(N2C(=O)c3cccc(NSS)c3C2=O)C(=O)N1. The molecule has 1 fully saturated rings. The van der Waals surface area contributed by atoms with Gasteiger partial charge in [-0.05, 0) is 18.6 Å². The highest BCUT2D eigenvalue weighted by Gasteiger charge is 2.45. The predicted octanol–water partition coefficient (Wildman–Crippen LogP) is 0.993. The number of hydrogen-bond acceptors (Lipinski definition) is 7. The number of nitrogens with one attached hydrogen (secondary N) is 2.